The lowest BCUT2D eigenvalue weighted by atomic mass is 9.96. The molecule has 28 heavy (non-hydrogen) atoms. The topological polar surface area (TPSA) is 67.8 Å². The molecule has 3 heterocycles. The number of fused-ring (bicyclic) bond motifs is 1. The molecule has 7 nitrogen and oxygen atoms in total. The quantitative estimate of drug-likeness (QED) is 0.809. The van der Waals surface area contributed by atoms with Gasteiger partial charge in [0.2, 0.25) is 5.88 Å². The van der Waals surface area contributed by atoms with Crippen molar-refractivity contribution in [3.8, 4) is 11.6 Å². The largest absolute Gasteiger partial charge is 0.480 e. The predicted molar refractivity (Wildman–Crippen MR) is 104 cm³/mol. The van der Waals surface area contributed by atoms with Crippen molar-refractivity contribution in [3.63, 3.8) is 0 Å². The minimum atomic E-state index is -0.398. The van der Waals surface area contributed by atoms with Crippen molar-refractivity contribution < 1.29 is 14.3 Å². The van der Waals surface area contributed by atoms with Crippen LogP contribution in [0.4, 0.5) is 5.82 Å². The molecule has 1 atom stereocenters. The maximum Gasteiger partial charge on any atom is 0.264 e. The SMILES string of the molecule is O=C(C1Cc2ccccc2O1)N1CCN(c2cc(OC3CCC3)ncn2)CC1. The van der Waals surface area contributed by atoms with Gasteiger partial charge in [-0.15, -0.1) is 0 Å². The van der Waals surface area contributed by atoms with Gasteiger partial charge in [0.25, 0.3) is 5.91 Å². The van der Waals surface area contributed by atoms with E-state index in [4.69, 9.17) is 9.47 Å². The third kappa shape index (κ3) is 3.37. The summed E-state index contributed by atoms with van der Waals surface area (Å²) in [6, 6.07) is 9.79. The van der Waals surface area contributed by atoms with Crippen LogP contribution < -0.4 is 14.4 Å². The summed E-state index contributed by atoms with van der Waals surface area (Å²) in [5.74, 6) is 2.42. The van der Waals surface area contributed by atoms with E-state index < -0.39 is 6.10 Å². The van der Waals surface area contributed by atoms with Crippen molar-refractivity contribution in [1.29, 1.82) is 0 Å². The van der Waals surface area contributed by atoms with Crippen LogP contribution in [-0.4, -0.2) is 59.2 Å². The molecule has 2 aromatic rings. The number of hydrogen-bond donors (Lipinski definition) is 0. The second-order valence-corrected chi connectivity index (χ2v) is 7.62. The Kier molecular flexibility index (Phi) is 4.50. The van der Waals surface area contributed by atoms with E-state index in [9.17, 15) is 4.79 Å². The molecule has 1 aromatic carbocycles. The highest BCUT2D eigenvalue weighted by atomic mass is 16.5. The molecule has 7 heteroatoms. The molecule has 1 amide bonds. The Bertz CT molecular complexity index is 837. The first-order chi connectivity index (χ1) is 13.8. The Labute approximate surface area is 164 Å². The zero-order chi connectivity index (χ0) is 18.9. The van der Waals surface area contributed by atoms with E-state index in [0.717, 1.165) is 43.1 Å². The molecule has 1 saturated heterocycles. The summed E-state index contributed by atoms with van der Waals surface area (Å²) < 4.78 is 11.7. The van der Waals surface area contributed by atoms with Gasteiger partial charge in [0.05, 0.1) is 0 Å². The van der Waals surface area contributed by atoms with Gasteiger partial charge in [0.15, 0.2) is 6.10 Å². The summed E-state index contributed by atoms with van der Waals surface area (Å²) in [6.07, 6.45) is 5.56. The first kappa shape index (κ1) is 17.3. The average Bonchev–Trinajstić information content (AvgIpc) is 3.15. The predicted octanol–water partition coefficient (Wildman–Crippen LogP) is 2.06. The number of amides is 1. The van der Waals surface area contributed by atoms with Crippen molar-refractivity contribution >= 4 is 11.7 Å². The summed E-state index contributed by atoms with van der Waals surface area (Å²) in [5, 5.41) is 0. The highest BCUT2D eigenvalue weighted by Crippen LogP contribution is 2.29. The van der Waals surface area contributed by atoms with Crippen LogP contribution in [0.3, 0.4) is 0 Å². The summed E-state index contributed by atoms with van der Waals surface area (Å²) in [5.41, 5.74) is 1.11. The summed E-state index contributed by atoms with van der Waals surface area (Å²) in [7, 11) is 0. The lowest BCUT2D eigenvalue weighted by Gasteiger charge is -2.36. The molecule has 0 spiro atoms. The van der Waals surface area contributed by atoms with E-state index in [2.05, 4.69) is 14.9 Å². The number of hydrogen-bond acceptors (Lipinski definition) is 6. The molecule has 5 rings (SSSR count). The molecule has 0 bridgehead atoms. The van der Waals surface area contributed by atoms with Crippen LogP contribution in [0.15, 0.2) is 36.7 Å². The smallest absolute Gasteiger partial charge is 0.264 e. The molecule has 1 unspecified atom stereocenters. The van der Waals surface area contributed by atoms with Crippen molar-refractivity contribution in [2.24, 2.45) is 0 Å². The monoisotopic (exact) mass is 380 g/mol. The molecule has 0 N–H and O–H groups in total. The molecule has 2 aliphatic heterocycles. The number of nitrogens with zero attached hydrogens (tertiary/aromatic N) is 4. The van der Waals surface area contributed by atoms with Crippen LogP contribution in [0.2, 0.25) is 0 Å². The second kappa shape index (κ2) is 7.30. The first-order valence-electron chi connectivity index (χ1n) is 10.0. The van der Waals surface area contributed by atoms with Gasteiger partial charge in [-0.3, -0.25) is 4.79 Å². The summed E-state index contributed by atoms with van der Waals surface area (Å²) in [4.78, 5) is 25.6. The van der Waals surface area contributed by atoms with E-state index in [1.54, 1.807) is 6.33 Å². The van der Waals surface area contributed by atoms with Gasteiger partial charge in [0.1, 0.15) is 24.0 Å². The highest BCUT2D eigenvalue weighted by molar-refractivity contribution is 5.83. The lowest BCUT2D eigenvalue weighted by molar-refractivity contribution is -0.138. The number of rotatable bonds is 4. The number of benzene rings is 1. The third-order valence-corrected chi connectivity index (χ3v) is 5.81. The fourth-order valence-electron chi connectivity index (χ4n) is 3.91. The minimum absolute atomic E-state index is 0.0764. The molecule has 2 fully saturated rings. The van der Waals surface area contributed by atoms with Crippen molar-refractivity contribution in [2.75, 3.05) is 31.1 Å². The maximum atomic E-state index is 12.9. The summed E-state index contributed by atoms with van der Waals surface area (Å²) >= 11 is 0. The Morgan fingerprint density at radius 1 is 1.11 bits per heavy atom. The van der Waals surface area contributed by atoms with Gasteiger partial charge in [-0.2, -0.15) is 0 Å². The van der Waals surface area contributed by atoms with Gasteiger partial charge in [-0.1, -0.05) is 18.2 Å². The van der Waals surface area contributed by atoms with E-state index in [1.807, 2.05) is 35.2 Å². The molecule has 1 aromatic heterocycles. The van der Waals surface area contributed by atoms with Gasteiger partial charge in [-0.05, 0) is 30.9 Å². The Morgan fingerprint density at radius 3 is 2.68 bits per heavy atom. The number of carbonyl (C=O) groups is 1. The molecular weight excluding hydrogens is 356 g/mol. The number of para-hydroxylation sites is 1. The van der Waals surface area contributed by atoms with Gasteiger partial charge >= 0.3 is 0 Å². The van der Waals surface area contributed by atoms with Gasteiger partial charge < -0.3 is 19.3 Å². The van der Waals surface area contributed by atoms with Crippen LogP contribution in [0, 0.1) is 0 Å². The first-order valence-corrected chi connectivity index (χ1v) is 10.0. The van der Waals surface area contributed by atoms with Crippen LogP contribution in [0.5, 0.6) is 11.6 Å². The van der Waals surface area contributed by atoms with Crippen molar-refractivity contribution in [2.45, 2.75) is 37.9 Å². The number of carbonyl (C=O) groups excluding carboxylic acids is 1. The highest BCUT2D eigenvalue weighted by Gasteiger charge is 2.33. The molecule has 3 aliphatic rings. The maximum absolute atomic E-state index is 12.9. The number of piperazine rings is 1. The van der Waals surface area contributed by atoms with Crippen molar-refractivity contribution in [1.82, 2.24) is 14.9 Å². The third-order valence-electron chi connectivity index (χ3n) is 5.81. The van der Waals surface area contributed by atoms with Crippen LogP contribution >= 0.6 is 0 Å². The number of anilines is 1. The van der Waals surface area contributed by atoms with Crippen LogP contribution in [-0.2, 0) is 11.2 Å². The molecule has 0 radical (unpaired) electrons. The molecular formula is C21H24N4O3. The minimum Gasteiger partial charge on any atom is -0.480 e. The average molecular weight is 380 g/mol. The Morgan fingerprint density at radius 2 is 1.93 bits per heavy atom. The fraction of sp³-hybridized carbons (Fsp3) is 0.476. The van der Waals surface area contributed by atoms with E-state index in [1.165, 1.54) is 6.42 Å². The fourth-order valence-corrected chi connectivity index (χ4v) is 3.91. The number of aromatic nitrogens is 2. The molecule has 1 aliphatic carbocycles. The Balaban J connectivity index is 1.18. The molecule has 146 valence electrons. The van der Waals surface area contributed by atoms with E-state index in [-0.39, 0.29) is 5.91 Å². The number of ether oxygens (including phenoxy) is 2. The zero-order valence-corrected chi connectivity index (χ0v) is 15.8. The normalized spacial score (nSPS) is 21.6. The van der Waals surface area contributed by atoms with E-state index in [0.29, 0.717) is 31.5 Å². The van der Waals surface area contributed by atoms with Crippen LogP contribution in [0.25, 0.3) is 0 Å². The standard InChI is InChI=1S/C21H24N4O3/c26-21(18-12-15-4-1-2-7-17(15)28-18)25-10-8-24(9-11-25)19-13-20(23-14-22-19)27-16-5-3-6-16/h1-2,4,7,13-14,16,18H,3,5-6,8-12H2. The second-order valence-electron chi connectivity index (χ2n) is 7.62. The Hall–Kier alpha value is -2.83. The lowest BCUT2D eigenvalue weighted by Crippen LogP contribution is -2.52. The zero-order valence-electron chi connectivity index (χ0n) is 15.8. The van der Waals surface area contributed by atoms with Gasteiger partial charge in [-0.25, -0.2) is 9.97 Å². The van der Waals surface area contributed by atoms with Crippen molar-refractivity contribution in [3.05, 3.63) is 42.2 Å². The summed E-state index contributed by atoms with van der Waals surface area (Å²) in [6.45, 7) is 2.81. The van der Waals surface area contributed by atoms with Gasteiger partial charge in [0, 0.05) is 38.7 Å². The molecule has 1 saturated carbocycles. The van der Waals surface area contributed by atoms with Crippen LogP contribution in [0.1, 0.15) is 24.8 Å². The van der Waals surface area contributed by atoms with E-state index >= 15 is 0 Å².